The van der Waals surface area contributed by atoms with Crippen molar-refractivity contribution in [3.8, 4) is 17.4 Å². The van der Waals surface area contributed by atoms with Crippen LogP contribution in [0.15, 0.2) is 64.4 Å². The molecule has 0 unspecified atom stereocenters. The number of halogens is 1. The lowest BCUT2D eigenvalue weighted by Gasteiger charge is -2.10. The molecule has 0 atom stereocenters. The van der Waals surface area contributed by atoms with Crippen LogP contribution in [0.4, 0.5) is 5.69 Å². The zero-order chi connectivity index (χ0) is 17.2. The van der Waals surface area contributed by atoms with E-state index in [0.29, 0.717) is 16.3 Å². The van der Waals surface area contributed by atoms with E-state index in [1.807, 2.05) is 6.07 Å². The fourth-order valence-electron chi connectivity index (χ4n) is 2.10. The topological polar surface area (TPSA) is 96.0 Å². The van der Waals surface area contributed by atoms with Crippen LogP contribution in [0.25, 0.3) is 11.3 Å². The summed E-state index contributed by atoms with van der Waals surface area (Å²) in [4.78, 5) is 3.84. The average Bonchev–Trinajstić information content (AvgIpc) is 3.08. The van der Waals surface area contributed by atoms with Crippen LogP contribution in [0, 0.1) is 11.3 Å². The Hall–Kier alpha value is -2.82. The summed E-state index contributed by atoms with van der Waals surface area (Å²) < 4.78 is 32.6. The van der Waals surface area contributed by atoms with Crippen molar-refractivity contribution in [2.75, 3.05) is 4.72 Å². The van der Waals surface area contributed by atoms with Crippen molar-refractivity contribution in [2.24, 2.45) is 0 Å². The van der Waals surface area contributed by atoms with E-state index in [0.717, 1.165) is 0 Å². The minimum atomic E-state index is -3.84. The molecule has 3 aromatic rings. The number of benzene rings is 2. The minimum absolute atomic E-state index is 0.0265. The van der Waals surface area contributed by atoms with Crippen molar-refractivity contribution in [3.05, 3.63) is 65.6 Å². The highest BCUT2D eigenvalue weighted by atomic mass is 35.5. The molecular weight excluding hydrogens is 350 g/mol. The molecule has 0 bridgehead atoms. The summed E-state index contributed by atoms with van der Waals surface area (Å²) in [7, 11) is -3.84. The van der Waals surface area contributed by atoms with Crippen LogP contribution in [0.5, 0.6) is 0 Å². The van der Waals surface area contributed by atoms with E-state index in [1.165, 1.54) is 30.8 Å². The number of oxazole rings is 1. The smallest absolute Gasteiger partial charge is 0.261 e. The molecular formula is C16H10ClN3O3S. The highest BCUT2D eigenvalue weighted by Gasteiger charge is 2.16. The minimum Gasteiger partial charge on any atom is -0.444 e. The van der Waals surface area contributed by atoms with Gasteiger partial charge in [0.05, 0.1) is 28.4 Å². The van der Waals surface area contributed by atoms with Gasteiger partial charge < -0.3 is 4.42 Å². The molecule has 1 N–H and O–H groups in total. The van der Waals surface area contributed by atoms with Crippen LogP contribution in [-0.2, 0) is 10.0 Å². The summed E-state index contributed by atoms with van der Waals surface area (Å²) in [6, 6.07) is 12.5. The molecule has 1 heterocycles. The first-order valence-corrected chi connectivity index (χ1v) is 8.56. The lowest BCUT2D eigenvalue weighted by molar-refractivity contribution is 0.572. The molecule has 0 saturated carbocycles. The largest absolute Gasteiger partial charge is 0.444 e. The van der Waals surface area contributed by atoms with Crippen LogP contribution < -0.4 is 4.72 Å². The summed E-state index contributed by atoms with van der Waals surface area (Å²) in [5, 5.41) is 9.46. The van der Waals surface area contributed by atoms with Crippen molar-refractivity contribution in [2.45, 2.75) is 4.90 Å². The third-order valence-corrected chi connectivity index (χ3v) is 4.75. The van der Waals surface area contributed by atoms with Crippen LogP contribution in [0.3, 0.4) is 0 Å². The van der Waals surface area contributed by atoms with Gasteiger partial charge in [-0.15, -0.1) is 0 Å². The Kier molecular flexibility index (Phi) is 4.25. The molecule has 0 spiro atoms. The van der Waals surface area contributed by atoms with Crippen molar-refractivity contribution in [3.63, 3.8) is 0 Å². The van der Waals surface area contributed by atoms with Crippen LogP contribution >= 0.6 is 11.6 Å². The van der Waals surface area contributed by atoms with E-state index < -0.39 is 10.0 Å². The molecule has 1 aromatic heterocycles. The maximum Gasteiger partial charge on any atom is 0.261 e. The molecule has 0 radical (unpaired) electrons. The fourth-order valence-corrected chi connectivity index (χ4v) is 3.44. The van der Waals surface area contributed by atoms with Gasteiger partial charge in [0.2, 0.25) is 0 Å². The lowest BCUT2D eigenvalue weighted by atomic mass is 10.1. The molecule has 3 rings (SSSR count). The van der Waals surface area contributed by atoms with Gasteiger partial charge in [0.15, 0.2) is 12.2 Å². The molecule has 0 fully saturated rings. The van der Waals surface area contributed by atoms with Gasteiger partial charge in [-0.05, 0) is 36.4 Å². The number of anilines is 1. The van der Waals surface area contributed by atoms with Gasteiger partial charge in [-0.3, -0.25) is 4.72 Å². The number of rotatable bonds is 4. The molecule has 24 heavy (non-hydrogen) atoms. The molecule has 0 aliphatic carbocycles. The van der Waals surface area contributed by atoms with Gasteiger partial charge >= 0.3 is 0 Å². The first-order chi connectivity index (χ1) is 11.5. The van der Waals surface area contributed by atoms with Crippen LogP contribution in [0.1, 0.15) is 5.56 Å². The predicted molar refractivity (Wildman–Crippen MR) is 88.9 cm³/mol. The number of hydrogen-bond donors (Lipinski definition) is 1. The number of sulfonamides is 1. The maximum absolute atomic E-state index is 12.5. The molecule has 8 heteroatoms. The van der Waals surface area contributed by atoms with E-state index in [2.05, 4.69) is 9.71 Å². The predicted octanol–water partition coefficient (Wildman–Crippen LogP) is 3.67. The van der Waals surface area contributed by atoms with Crippen LogP contribution in [0.2, 0.25) is 5.02 Å². The molecule has 0 aliphatic rings. The summed E-state index contributed by atoms with van der Waals surface area (Å²) in [6.45, 7) is 0. The summed E-state index contributed by atoms with van der Waals surface area (Å²) in [5.74, 6) is 0.426. The zero-order valence-corrected chi connectivity index (χ0v) is 13.7. The van der Waals surface area contributed by atoms with Gasteiger partial charge in [0.25, 0.3) is 10.0 Å². The van der Waals surface area contributed by atoms with Crippen molar-refractivity contribution in [1.82, 2.24) is 4.98 Å². The monoisotopic (exact) mass is 359 g/mol. The molecule has 6 nitrogen and oxygen atoms in total. The summed E-state index contributed by atoms with van der Waals surface area (Å²) in [6.07, 6.45) is 2.73. The van der Waals surface area contributed by atoms with E-state index in [1.54, 1.807) is 24.3 Å². The average molecular weight is 360 g/mol. The summed E-state index contributed by atoms with van der Waals surface area (Å²) in [5.41, 5.74) is 1.06. The van der Waals surface area contributed by atoms with E-state index in [-0.39, 0.29) is 16.1 Å². The third-order valence-electron chi connectivity index (χ3n) is 3.14. The highest BCUT2D eigenvalue weighted by molar-refractivity contribution is 7.92. The van der Waals surface area contributed by atoms with Gasteiger partial charge in [0.1, 0.15) is 0 Å². The maximum atomic E-state index is 12.5. The van der Waals surface area contributed by atoms with Crippen molar-refractivity contribution >= 4 is 27.3 Å². The van der Waals surface area contributed by atoms with Gasteiger partial charge in [-0.1, -0.05) is 17.7 Å². The van der Waals surface area contributed by atoms with Gasteiger partial charge in [-0.25, -0.2) is 13.4 Å². The van der Waals surface area contributed by atoms with Crippen LogP contribution in [-0.4, -0.2) is 13.4 Å². The van der Waals surface area contributed by atoms with E-state index in [4.69, 9.17) is 21.3 Å². The van der Waals surface area contributed by atoms with Crippen molar-refractivity contribution in [1.29, 1.82) is 5.26 Å². The standard InChI is InChI=1S/C16H10ClN3O3S/c17-13-2-1-3-15(7-13)24(21,22)20-14-5-11(8-18)4-12(6-14)16-9-19-10-23-16/h1-7,9-10,20H. The highest BCUT2D eigenvalue weighted by Crippen LogP contribution is 2.26. The number of nitrogens with one attached hydrogen (secondary N) is 1. The van der Waals surface area contributed by atoms with Crippen molar-refractivity contribution < 1.29 is 12.8 Å². The molecule has 0 saturated heterocycles. The van der Waals surface area contributed by atoms with Gasteiger partial charge in [0, 0.05) is 10.6 Å². The molecule has 0 amide bonds. The molecule has 2 aromatic carbocycles. The SMILES string of the molecule is N#Cc1cc(NS(=O)(=O)c2cccc(Cl)c2)cc(-c2cnco2)c1. The quantitative estimate of drug-likeness (QED) is 0.766. The first kappa shape index (κ1) is 16.1. The number of nitrogens with zero attached hydrogens (tertiary/aromatic N) is 2. The Morgan fingerprint density at radius 2 is 2.04 bits per heavy atom. The number of hydrogen-bond acceptors (Lipinski definition) is 5. The van der Waals surface area contributed by atoms with Gasteiger partial charge in [-0.2, -0.15) is 5.26 Å². The van der Waals surface area contributed by atoms with E-state index >= 15 is 0 Å². The number of nitriles is 1. The Labute approximate surface area is 143 Å². The Morgan fingerprint density at radius 1 is 1.21 bits per heavy atom. The number of aromatic nitrogens is 1. The zero-order valence-electron chi connectivity index (χ0n) is 12.1. The second-order valence-corrected chi connectivity index (χ2v) is 6.96. The van der Waals surface area contributed by atoms with E-state index in [9.17, 15) is 8.42 Å². The Bertz CT molecular complexity index is 1020. The second-order valence-electron chi connectivity index (χ2n) is 4.84. The third kappa shape index (κ3) is 3.40. The normalized spacial score (nSPS) is 11.0. The molecule has 120 valence electrons. The second kappa shape index (κ2) is 6.35. The Morgan fingerprint density at radius 3 is 2.71 bits per heavy atom. The molecule has 0 aliphatic heterocycles. The first-order valence-electron chi connectivity index (χ1n) is 6.70. The fraction of sp³-hybridized carbons (Fsp3) is 0. The Balaban J connectivity index is 2.01. The lowest BCUT2D eigenvalue weighted by Crippen LogP contribution is -2.13. The summed E-state index contributed by atoms with van der Waals surface area (Å²) >= 11 is 5.84.